The van der Waals surface area contributed by atoms with Crippen LogP contribution in [0.25, 0.3) is 0 Å². The molecule has 0 spiro atoms. The van der Waals surface area contributed by atoms with E-state index in [1.165, 1.54) is 0 Å². The number of hydrogen-bond acceptors (Lipinski definition) is 4. The van der Waals surface area contributed by atoms with Crippen molar-refractivity contribution in [2.75, 3.05) is 0 Å². The molecular weight excluding hydrogens is 302 g/mol. The maximum atomic E-state index is 12.3. The zero-order valence-electron chi connectivity index (χ0n) is 11.5. The highest BCUT2D eigenvalue weighted by Crippen LogP contribution is 2.30. The molecule has 0 heterocycles. The molecule has 2 rings (SSSR count). The van der Waals surface area contributed by atoms with E-state index in [0.717, 1.165) is 0 Å². The van der Waals surface area contributed by atoms with Gasteiger partial charge in [0.2, 0.25) is 0 Å². The first-order valence-corrected chi connectivity index (χ1v) is 6.96. The number of rotatable bonds is 5. The number of benzene rings is 2. The largest absolute Gasteiger partial charge is 0.479 e. The Kier molecular flexibility index (Phi) is 4.85. The van der Waals surface area contributed by atoms with E-state index in [-0.39, 0.29) is 0 Å². The van der Waals surface area contributed by atoms with Crippen LogP contribution in [0.2, 0.25) is 0 Å². The summed E-state index contributed by atoms with van der Waals surface area (Å²) in [6, 6.07) is 16.6. The molecule has 2 aromatic carbocycles. The number of carbonyl (C=O) groups is 2. The first-order valence-electron chi connectivity index (χ1n) is 6.51. The molecule has 6 heteroatoms. The van der Waals surface area contributed by atoms with Crippen LogP contribution in [0.4, 0.5) is 0 Å². The predicted molar refractivity (Wildman–Crippen MR) is 84.7 cm³/mol. The van der Waals surface area contributed by atoms with Crippen molar-refractivity contribution in [1.29, 1.82) is 0 Å². The van der Waals surface area contributed by atoms with E-state index in [9.17, 15) is 14.7 Å². The molecule has 0 aliphatic carbocycles. The number of nitrogens with one attached hydrogen (secondary N) is 1. The van der Waals surface area contributed by atoms with Crippen LogP contribution in [0, 0.1) is 0 Å². The number of aliphatic hydroxyl groups is 1. The van der Waals surface area contributed by atoms with Gasteiger partial charge in [0, 0.05) is 5.56 Å². The van der Waals surface area contributed by atoms with Gasteiger partial charge in [-0.2, -0.15) is 0 Å². The van der Waals surface area contributed by atoms with Crippen molar-refractivity contribution in [2.24, 2.45) is 0 Å². The molecule has 0 fully saturated rings. The number of carboxylic acid groups (broad SMARTS) is 1. The fraction of sp³-hybridized carbons (Fsp3) is 0.125. The number of hydrogen-bond donors (Lipinski definition) is 4. The molecule has 0 aliphatic heterocycles. The van der Waals surface area contributed by atoms with Crippen LogP contribution >= 0.6 is 12.6 Å². The highest BCUT2D eigenvalue weighted by molar-refractivity contribution is 7.81. The van der Waals surface area contributed by atoms with E-state index in [4.69, 9.17) is 5.11 Å². The van der Waals surface area contributed by atoms with Gasteiger partial charge in [-0.1, -0.05) is 48.5 Å². The Labute approximate surface area is 133 Å². The van der Waals surface area contributed by atoms with Gasteiger partial charge in [0.25, 0.3) is 5.91 Å². The van der Waals surface area contributed by atoms with Gasteiger partial charge in [-0.25, -0.2) is 4.79 Å². The van der Waals surface area contributed by atoms with Crippen LogP contribution in [0.1, 0.15) is 15.9 Å². The molecule has 2 aromatic rings. The summed E-state index contributed by atoms with van der Waals surface area (Å²) in [6.07, 6.45) is -1.91. The topological polar surface area (TPSA) is 86.6 Å². The highest BCUT2D eigenvalue weighted by Gasteiger charge is 2.42. The van der Waals surface area contributed by atoms with Crippen molar-refractivity contribution in [2.45, 2.75) is 11.0 Å². The van der Waals surface area contributed by atoms with Gasteiger partial charge in [-0.3, -0.25) is 4.79 Å². The number of carboxylic acids is 1. The minimum Gasteiger partial charge on any atom is -0.479 e. The molecule has 0 saturated heterocycles. The van der Waals surface area contributed by atoms with Crippen LogP contribution in [0.15, 0.2) is 60.7 Å². The standard InChI is InChI=1S/C16H15NO4S/c18-13(15(20)21)16(22,12-9-5-2-6-10-12)17-14(19)11-7-3-1-4-8-11/h1-10,13,18,22H,(H,17,19)(H,20,21). The van der Waals surface area contributed by atoms with Crippen LogP contribution in [-0.4, -0.2) is 28.2 Å². The molecule has 3 N–H and O–H groups in total. The lowest BCUT2D eigenvalue weighted by molar-refractivity contribution is -0.149. The summed E-state index contributed by atoms with van der Waals surface area (Å²) in [6.45, 7) is 0. The Hall–Kier alpha value is -2.31. The van der Waals surface area contributed by atoms with E-state index < -0.39 is 22.9 Å². The zero-order chi connectivity index (χ0) is 16.2. The number of aliphatic hydroxyl groups excluding tert-OH is 1. The average Bonchev–Trinajstić information content (AvgIpc) is 2.55. The van der Waals surface area contributed by atoms with Gasteiger partial charge in [-0.05, 0) is 17.7 Å². The van der Waals surface area contributed by atoms with Crippen molar-refractivity contribution in [3.63, 3.8) is 0 Å². The monoisotopic (exact) mass is 317 g/mol. The Balaban J connectivity index is 2.38. The minimum atomic E-state index is -1.91. The Bertz CT molecular complexity index is 662. The molecule has 0 radical (unpaired) electrons. The van der Waals surface area contributed by atoms with E-state index >= 15 is 0 Å². The van der Waals surface area contributed by atoms with E-state index in [1.54, 1.807) is 60.7 Å². The Morgan fingerprint density at radius 2 is 1.50 bits per heavy atom. The number of thiol groups is 1. The summed E-state index contributed by atoms with van der Waals surface area (Å²) in [7, 11) is 0. The van der Waals surface area contributed by atoms with Crippen molar-refractivity contribution in [3.8, 4) is 0 Å². The van der Waals surface area contributed by atoms with Crippen LogP contribution < -0.4 is 5.32 Å². The normalized spacial score (nSPS) is 14.6. The minimum absolute atomic E-state index is 0.342. The molecule has 2 unspecified atom stereocenters. The molecule has 2 atom stereocenters. The SMILES string of the molecule is O=C(NC(S)(c1ccccc1)C(O)C(=O)O)c1ccccc1. The second-order valence-corrected chi connectivity index (χ2v) is 5.40. The highest BCUT2D eigenvalue weighted by atomic mass is 32.1. The maximum absolute atomic E-state index is 12.3. The van der Waals surface area contributed by atoms with Crippen LogP contribution in [0.3, 0.4) is 0 Å². The van der Waals surface area contributed by atoms with Gasteiger partial charge in [0.05, 0.1) is 0 Å². The molecule has 1 amide bonds. The molecule has 22 heavy (non-hydrogen) atoms. The Morgan fingerprint density at radius 3 is 2.00 bits per heavy atom. The Morgan fingerprint density at radius 1 is 1.00 bits per heavy atom. The number of carbonyl (C=O) groups excluding carboxylic acids is 1. The summed E-state index contributed by atoms with van der Waals surface area (Å²) in [5.74, 6) is -2.01. The summed E-state index contributed by atoms with van der Waals surface area (Å²) in [4.78, 5) is 21.7. The smallest absolute Gasteiger partial charge is 0.336 e. The van der Waals surface area contributed by atoms with E-state index in [0.29, 0.717) is 11.1 Å². The van der Waals surface area contributed by atoms with Crippen LogP contribution in [-0.2, 0) is 9.67 Å². The predicted octanol–water partition coefficient (Wildman–Crippen LogP) is 1.64. The second kappa shape index (κ2) is 6.64. The quantitative estimate of drug-likeness (QED) is 0.499. The van der Waals surface area contributed by atoms with Crippen LogP contribution in [0.5, 0.6) is 0 Å². The lowest BCUT2D eigenvalue weighted by Gasteiger charge is -2.32. The number of amides is 1. The third kappa shape index (κ3) is 3.29. The molecule has 0 bridgehead atoms. The number of aliphatic carboxylic acids is 1. The third-order valence-electron chi connectivity index (χ3n) is 3.18. The fourth-order valence-electron chi connectivity index (χ4n) is 2.00. The summed E-state index contributed by atoms with van der Waals surface area (Å²) >= 11 is 4.27. The lowest BCUT2D eigenvalue weighted by Crippen LogP contribution is -2.53. The average molecular weight is 317 g/mol. The summed E-state index contributed by atoms with van der Waals surface area (Å²) in [5, 5.41) is 21.6. The second-order valence-electron chi connectivity index (χ2n) is 4.69. The van der Waals surface area contributed by atoms with Crippen molar-refractivity contribution in [3.05, 3.63) is 71.8 Å². The van der Waals surface area contributed by atoms with Gasteiger partial charge in [0.1, 0.15) is 4.87 Å². The summed E-state index contributed by atoms with van der Waals surface area (Å²) in [5.41, 5.74) is 0.715. The first-order chi connectivity index (χ1) is 10.4. The third-order valence-corrected chi connectivity index (χ3v) is 3.80. The summed E-state index contributed by atoms with van der Waals surface area (Å²) < 4.78 is 0. The first kappa shape index (κ1) is 16.1. The van der Waals surface area contributed by atoms with Crippen molar-refractivity contribution < 1.29 is 19.8 Å². The molecule has 0 aliphatic rings. The lowest BCUT2D eigenvalue weighted by atomic mass is 9.99. The molecule has 5 nitrogen and oxygen atoms in total. The van der Waals surface area contributed by atoms with Gasteiger partial charge in [0.15, 0.2) is 6.10 Å². The van der Waals surface area contributed by atoms with E-state index in [2.05, 4.69) is 17.9 Å². The maximum Gasteiger partial charge on any atom is 0.336 e. The van der Waals surface area contributed by atoms with Crippen molar-refractivity contribution >= 4 is 24.5 Å². The fourth-order valence-corrected chi connectivity index (χ4v) is 2.37. The van der Waals surface area contributed by atoms with Gasteiger partial charge >= 0.3 is 5.97 Å². The molecular formula is C16H15NO4S. The van der Waals surface area contributed by atoms with E-state index in [1.807, 2.05) is 0 Å². The van der Waals surface area contributed by atoms with Gasteiger partial charge < -0.3 is 15.5 Å². The van der Waals surface area contributed by atoms with Crippen molar-refractivity contribution in [1.82, 2.24) is 5.32 Å². The molecule has 0 saturated carbocycles. The zero-order valence-corrected chi connectivity index (χ0v) is 12.4. The molecule has 114 valence electrons. The van der Waals surface area contributed by atoms with Gasteiger partial charge in [-0.15, -0.1) is 12.6 Å². The molecule has 0 aromatic heterocycles.